The van der Waals surface area contributed by atoms with Crippen LogP contribution in [0.2, 0.25) is 0 Å². The van der Waals surface area contributed by atoms with Gasteiger partial charge in [0.25, 0.3) is 0 Å². The fourth-order valence-corrected chi connectivity index (χ4v) is 4.74. The van der Waals surface area contributed by atoms with E-state index in [0.29, 0.717) is 12.5 Å². The molecule has 1 spiro atoms. The van der Waals surface area contributed by atoms with Crippen molar-refractivity contribution in [2.75, 3.05) is 20.1 Å². The van der Waals surface area contributed by atoms with E-state index in [4.69, 9.17) is 0 Å². The van der Waals surface area contributed by atoms with Crippen molar-refractivity contribution in [2.45, 2.75) is 45.1 Å². The van der Waals surface area contributed by atoms with E-state index in [1.165, 1.54) is 12.8 Å². The average Bonchev–Trinajstić information content (AvgIpc) is 2.97. The summed E-state index contributed by atoms with van der Waals surface area (Å²) in [6.45, 7) is 2.18. The number of amides is 2. The van der Waals surface area contributed by atoms with Gasteiger partial charge in [-0.25, -0.2) is 0 Å². The van der Waals surface area contributed by atoms with Crippen LogP contribution in [-0.4, -0.2) is 46.7 Å². The van der Waals surface area contributed by atoms with Crippen LogP contribution in [0.15, 0.2) is 24.4 Å². The quantitative estimate of drug-likeness (QED) is 0.845. The van der Waals surface area contributed by atoms with Crippen molar-refractivity contribution < 1.29 is 9.59 Å². The van der Waals surface area contributed by atoms with Crippen LogP contribution in [0.3, 0.4) is 0 Å². The third kappa shape index (κ3) is 3.16. The molecule has 2 aliphatic carbocycles. The van der Waals surface area contributed by atoms with Crippen molar-refractivity contribution in [3.05, 3.63) is 30.1 Å². The van der Waals surface area contributed by atoms with E-state index in [9.17, 15) is 9.59 Å². The first-order valence-electron chi connectivity index (χ1n) is 9.53. The summed E-state index contributed by atoms with van der Waals surface area (Å²) >= 11 is 0. The van der Waals surface area contributed by atoms with E-state index < -0.39 is 0 Å². The predicted molar refractivity (Wildman–Crippen MR) is 94.4 cm³/mol. The predicted octanol–water partition coefficient (Wildman–Crippen LogP) is 2.47. The highest BCUT2D eigenvalue weighted by atomic mass is 16.2. The van der Waals surface area contributed by atoms with Gasteiger partial charge >= 0.3 is 0 Å². The lowest BCUT2D eigenvalue weighted by Gasteiger charge is -2.21. The van der Waals surface area contributed by atoms with E-state index >= 15 is 0 Å². The van der Waals surface area contributed by atoms with Gasteiger partial charge in [-0.2, -0.15) is 0 Å². The van der Waals surface area contributed by atoms with Gasteiger partial charge in [0.2, 0.25) is 11.8 Å². The summed E-state index contributed by atoms with van der Waals surface area (Å²) in [4.78, 5) is 33.6. The molecule has 5 nitrogen and oxygen atoms in total. The SMILES string of the molecule is CN(Cc1ccccn1)C(=O)[C@H]1C[C@@]12CCN(C(=O)C1CCCC1)C2. The van der Waals surface area contributed by atoms with Crippen LogP contribution in [0.1, 0.15) is 44.2 Å². The average molecular weight is 341 g/mol. The molecule has 0 unspecified atom stereocenters. The molecule has 3 fully saturated rings. The number of likely N-dealkylation sites (tertiary alicyclic amines) is 1. The van der Waals surface area contributed by atoms with Crippen LogP contribution in [-0.2, 0) is 16.1 Å². The second-order valence-electron chi connectivity index (χ2n) is 8.13. The van der Waals surface area contributed by atoms with Crippen LogP contribution < -0.4 is 0 Å². The summed E-state index contributed by atoms with van der Waals surface area (Å²) in [6.07, 6.45) is 8.17. The van der Waals surface area contributed by atoms with Gasteiger partial charge in [-0.15, -0.1) is 0 Å². The van der Waals surface area contributed by atoms with Gasteiger partial charge in [0, 0.05) is 43.6 Å². The molecule has 134 valence electrons. The summed E-state index contributed by atoms with van der Waals surface area (Å²) in [5.41, 5.74) is 0.974. The minimum atomic E-state index is 0.0593. The Morgan fingerprint density at radius 3 is 2.84 bits per heavy atom. The van der Waals surface area contributed by atoms with E-state index in [1.807, 2.05) is 30.1 Å². The number of hydrogen-bond donors (Lipinski definition) is 0. The molecule has 1 aromatic heterocycles. The van der Waals surface area contributed by atoms with Crippen LogP contribution in [0, 0.1) is 17.3 Å². The Hall–Kier alpha value is -1.91. The van der Waals surface area contributed by atoms with Gasteiger partial charge in [-0.3, -0.25) is 14.6 Å². The molecule has 0 radical (unpaired) electrons. The molecule has 5 heteroatoms. The van der Waals surface area contributed by atoms with E-state index in [-0.39, 0.29) is 23.2 Å². The molecule has 0 bridgehead atoms. The molecular weight excluding hydrogens is 314 g/mol. The minimum absolute atomic E-state index is 0.0593. The smallest absolute Gasteiger partial charge is 0.226 e. The van der Waals surface area contributed by atoms with E-state index in [1.54, 1.807) is 11.1 Å². The molecule has 2 amide bonds. The minimum Gasteiger partial charge on any atom is -0.342 e. The second-order valence-corrected chi connectivity index (χ2v) is 8.13. The Morgan fingerprint density at radius 1 is 1.32 bits per heavy atom. The Bertz CT molecular complexity index is 656. The van der Waals surface area contributed by atoms with Crippen molar-refractivity contribution in [2.24, 2.45) is 17.3 Å². The monoisotopic (exact) mass is 341 g/mol. The maximum absolute atomic E-state index is 12.8. The lowest BCUT2D eigenvalue weighted by molar-refractivity contribution is -0.135. The summed E-state index contributed by atoms with van der Waals surface area (Å²) in [5.74, 6) is 0.882. The molecule has 0 aromatic carbocycles. The first-order chi connectivity index (χ1) is 12.1. The van der Waals surface area contributed by atoms with Crippen molar-refractivity contribution in [3.63, 3.8) is 0 Å². The number of carbonyl (C=O) groups excluding carboxylic acids is 2. The number of nitrogens with zero attached hydrogens (tertiary/aromatic N) is 3. The van der Waals surface area contributed by atoms with Crippen molar-refractivity contribution in [1.82, 2.24) is 14.8 Å². The first kappa shape index (κ1) is 16.6. The lowest BCUT2D eigenvalue weighted by atomic mass is 10.0. The summed E-state index contributed by atoms with van der Waals surface area (Å²) < 4.78 is 0. The molecule has 2 saturated carbocycles. The number of pyridine rings is 1. The normalized spacial score (nSPS) is 28.5. The molecule has 1 saturated heterocycles. The highest BCUT2D eigenvalue weighted by Crippen LogP contribution is 2.59. The topological polar surface area (TPSA) is 53.5 Å². The van der Waals surface area contributed by atoms with Gasteiger partial charge in [0.15, 0.2) is 0 Å². The van der Waals surface area contributed by atoms with Gasteiger partial charge in [-0.1, -0.05) is 18.9 Å². The highest BCUT2D eigenvalue weighted by molar-refractivity contribution is 5.84. The second kappa shape index (κ2) is 6.43. The third-order valence-electron chi connectivity index (χ3n) is 6.39. The number of carbonyl (C=O) groups is 2. The molecular formula is C20H27N3O2. The number of rotatable bonds is 4. The molecule has 0 N–H and O–H groups in total. The van der Waals surface area contributed by atoms with Gasteiger partial charge < -0.3 is 9.80 Å². The zero-order chi connectivity index (χ0) is 17.4. The summed E-state index contributed by atoms with van der Waals surface area (Å²) in [6, 6.07) is 5.78. The van der Waals surface area contributed by atoms with Crippen molar-refractivity contribution >= 4 is 11.8 Å². The fraction of sp³-hybridized carbons (Fsp3) is 0.650. The Balaban J connectivity index is 1.33. The van der Waals surface area contributed by atoms with Crippen molar-refractivity contribution in [1.29, 1.82) is 0 Å². The number of aromatic nitrogens is 1. The van der Waals surface area contributed by atoms with Crippen LogP contribution in [0.4, 0.5) is 0 Å². The lowest BCUT2D eigenvalue weighted by Crippen LogP contribution is -2.34. The maximum atomic E-state index is 12.8. The molecule has 4 rings (SSSR count). The first-order valence-corrected chi connectivity index (χ1v) is 9.53. The zero-order valence-electron chi connectivity index (χ0n) is 15.0. The molecule has 1 aliphatic heterocycles. The molecule has 25 heavy (non-hydrogen) atoms. The van der Waals surface area contributed by atoms with Gasteiger partial charge in [0.05, 0.1) is 12.2 Å². The van der Waals surface area contributed by atoms with Crippen LogP contribution >= 0.6 is 0 Å². The van der Waals surface area contributed by atoms with E-state index in [2.05, 4.69) is 4.98 Å². The molecule has 1 aromatic rings. The molecule has 2 atom stereocenters. The molecule has 2 heterocycles. The van der Waals surface area contributed by atoms with E-state index in [0.717, 1.165) is 44.5 Å². The standard InChI is InChI=1S/C20H27N3O2/c1-22(13-16-8-4-5-10-21-16)19(25)17-12-20(17)9-11-23(14-20)18(24)15-6-2-3-7-15/h4-5,8,10,15,17H,2-3,6-7,9,11-14H2,1H3/t17-,20-/m1/s1. The fourth-order valence-electron chi connectivity index (χ4n) is 4.74. The number of hydrogen-bond acceptors (Lipinski definition) is 3. The Morgan fingerprint density at radius 2 is 2.12 bits per heavy atom. The molecule has 3 aliphatic rings. The largest absolute Gasteiger partial charge is 0.342 e. The summed E-state index contributed by atoms with van der Waals surface area (Å²) in [5, 5.41) is 0. The van der Waals surface area contributed by atoms with Gasteiger partial charge in [-0.05, 0) is 37.8 Å². The Kier molecular flexibility index (Phi) is 4.26. The zero-order valence-corrected chi connectivity index (χ0v) is 15.0. The van der Waals surface area contributed by atoms with Crippen molar-refractivity contribution in [3.8, 4) is 0 Å². The van der Waals surface area contributed by atoms with Crippen LogP contribution in [0.25, 0.3) is 0 Å². The highest BCUT2D eigenvalue weighted by Gasteiger charge is 2.62. The van der Waals surface area contributed by atoms with Crippen LogP contribution in [0.5, 0.6) is 0 Å². The maximum Gasteiger partial charge on any atom is 0.226 e. The Labute approximate surface area is 149 Å². The van der Waals surface area contributed by atoms with Gasteiger partial charge in [0.1, 0.15) is 0 Å². The third-order valence-corrected chi connectivity index (χ3v) is 6.39. The summed E-state index contributed by atoms with van der Waals surface area (Å²) in [7, 11) is 1.86.